The van der Waals surface area contributed by atoms with Gasteiger partial charge in [-0.25, -0.2) is 0 Å². The summed E-state index contributed by atoms with van der Waals surface area (Å²) < 4.78 is 10.9. The van der Waals surface area contributed by atoms with E-state index in [0.29, 0.717) is 5.92 Å². The number of ether oxygens (including phenoxy) is 2. The number of amides is 1. The van der Waals surface area contributed by atoms with Crippen LogP contribution in [0.3, 0.4) is 0 Å². The molecule has 0 N–H and O–H groups in total. The van der Waals surface area contributed by atoms with Gasteiger partial charge >= 0.3 is 0 Å². The monoisotopic (exact) mass is 277 g/mol. The lowest BCUT2D eigenvalue weighted by atomic mass is 9.97. The van der Waals surface area contributed by atoms with Crippen LogP contribution in [0.15, 0.2) is 30.3 Å². The number of rotatable bonds is 5. The Labute approximate surface area is 120 Å². The number of methoxy groups -OCH3 is 1. The fourth-order valence-corrected chi connectivity index (χ4v) is 2.57. The standard InChI is InChI=1S/C16H23NO3/c1-13(20-15-6-4-3-5-7-15)16(18)17-10-8-14(9-11-17)12-19-2/h3-7,13-14H,8-12H2,1-2H3. The van der Waals surface area contributed by atoms with Crippen LogP contribution in [0.2, 0.25) is 0 Å². The Hall–Kier alpha value is -1.55. The van der Waals surface area contributed by atoms with E-state index in [-0.39, 0.29) is 5.91 Å². The fraction of sp³-hybridized carbons (Fsp3) is 0.562. The maximum absolute atomic E-state index is 12.3. The second kappa shape index (κ2) is 7.29. The molecule has 1 unspecified atom stereocenters. The Morgan fingerprint density at radius 3 is 2.55 bits per heavy atom. The van der Waals surface area contributed by atoms with Gasteiger partial charge in [0.15, 0.2) is 6.10 Å². The molecule has 1 aromatic rings. The molecule has 0 bridgehead atoms. The van der Waals surface area contributed by atoms with Gasteiger partial charge in [-0.3, -0.25) is 4.79 Å². The largest absolute Gasteiger partial charge is 0.481 e. The molecule has 1 aliphatic rings. The Morgan fingerprint density at radius 2 is 1.95 bits per heavy atom. The highest BCUT2D eigenvalue weighted by atomic mass is 16.5. The summed E-state index contributed by atoms with van der Waals surface area (Å²) >= 11 is 0. The van der Waals surface area contributed by atoms with Gasteiger partial charge in [0.1, 0.15) is 5.75 Å². The van der Waals surface area contributed by atoms with Crippen LogP contribution in [-0.2, 0) is 9.53 Å². The predicted molar refractivity (Wildman–Crippen MR) is 77.7 cm³/mol. The van der Waals surface area contributed by atoms with E-state index >= 15 is 0 Å². The summed E-state index contributed by atoms with van der Waals surface area (Å²) in [6.07, 6.45) is 1.59. The van der Waals surface area contributed by atoms with Crippen molar-refractivity contribution in [1.82, 2.24) is 4.90 Å². The molecule has 0 saturated carbocycles. The Balaban J connectivity index is 1.82. The average molecular weight is 277 g/mol. The third kappa shape index (κ3) is 3.97. The van der Waals surface area contributed by atoms with E-state index in [1.807, 2.05) is 42.2 Å². The van der Waals surface area contributed by atoms with Crippen LogP contribution in [0.4, 0.5) is 0 Å². The van der Waals surface area contributed by atoms with Gasteiger partial charge in [-0.1, -0.05) is 18.2 Å². The molecular weight excluding hydrogens is 254 g/mol. The van der Waals surface area contributed by atoms with E-state index in [4.69, 9.17) is 9.47 Å². The molecule has 1 aromatic carbocycles. The average Bonchev–Trinajstić information content (AvgIpc) is 2.48. The summed E-state index contributed by atoms with van der Waals surface area (Å²) in [4.78, 5) is 14.2. The van der Waals surface area contributed by atoms with Crippen molar-refractivity contribution in [3.05, 3.63) is 30.3 Å². The van der Waals surface area contributed by atoms with Crippen molar-refractivity contribution >= 4 is 5.91 Å². The van der Waals surface area contributed by atoms with Crippen LogP contribution in [-0.4, -0.2) is 43.7 Å². The molecule has 1 heterocycles. The topological polar surface area (TPSA) is 38.8 Å². The van der Waals surface area contributed by atoms with Crippen molar-refractivity contribution in [3.8, 4) is 5.75 Å². The zero-order valence-electron chi connectivity index (χ0n) is 12.2. The number of carbonyl (C=O) groups is 1. The smallest absolute Gasteiger partial charge is 0.263 e. The molecule has 0 spiro atoms. The maximum Gasteiger partial charge on any atom is 0.263 e. The number of likely N-dealkylation sites (tertiary alicyclic amines) is 1. The summed E-state index contributed by atoms with van der Waals surface area (Å²) in [6.45, 7) is 4.21. The molecule has 4 nitrogen and oxygen atoms in total. The number of hydrogen-bond donors (Lipinski definition) is 0. The summed E-state index contributed by atoms with van der Waals surface area (Å²) in [5.74, 6) is 1.39. The highest BCUT2D eigenvalue weighted by molar-refractivity contribution is 5.81. The molecule has 1 atom stereocenters. The van der Waals surface area contributed by atoms with Crippen LogP contribution >= 0.6 is 0 Å². The van der Waals surface area contributed by atoms with E-state index in [1.54, 1.807) is 7.11 Å². The van der Waals surface area contributed by atoms with E-state index in [2.05, 4.69) is 0 Å². The predicted octanol–water partition coefficient (Wildman–Crippen LogP) is 2.34. The normalized spacial score (nSPS) is 17.8. The highest BCUT2D eigenvalue weighted by Gasteiger charge is 2.26. The molecule has 1 aliphatic heterocycles. The summed E-state index contributed by atoms with van der Waals surface area (Å²) in [7, 11) is 1.73. The van der Waals surface area contributed by atoms with Gasteiger partial charge in [-0.2, -0.15) is 0 Å². The molecule has 0 aliphatic carbocycles. The highest BCUT2D eigenvalue weighted by Crippen LogP contribution is 2.19. The van der Waals surface area contributed by atoms with E-state index in [0.717, 1.165) is 38.3 Å². The summed E-state index contributed by atoms with van der Waals surface area (Å²) in [5, 5.41) is 0. The second-order valence-electron chi connectivity index (χ2n) is 5.30. The molecule has 110 valence electrons. The van der Waals surface area contributed by atoms with Crippen molar-refractivity contribution in [2.24, 2.45) is 5.92 Å². The molecule has 0 radical (unpaired) electrons. The number of carbonyl (C=O) groups excluding carboxylic acids is 1. The lowest BCUT2D eigenvalue weighted by molar-refractivity contribution is -0.139. The van der Waals surface area contributed by atoms with E-state index in [1.165, 1.54) is 0 Å². The zero-order chi connectivity index (χ0) is 14.4. The van der Waals surface area contributed by atoms with E-state index in [9.17, 15) is 4.79 Å². The number of hydrogen-bond acceptors (Lipinski definition) is 3. The first kappa shape index (κ1) is 14.9. The minimum atomic E-state index is -0.434. The van der Waals surface area contributed by atoms with Gasteiger partial charge in [0.2, 0.25) is 0 Å². The van der Waals surface area contributed by atoms with Gasteiger partial charge in [-0.15, -0.1) is 0 Å². The SMILES string of the molecule is COCC1CCN(C(=O)C(C)Oc2ccccc2)CC1. The lowest BCUT2D eigenvalue weighted by Gasteiger charge is -2.33. The van der Waals surface area contributed by atoms with Crippen LogP contribution in [0, 0.1) is 5.92 Å². The number of piperidine rings is 1. The first-order chi connectivity index (χ1) is 9.70. The molecule has 1 amide bonds. The van der Waals surface area contributed by atoms with Crippen molar-refractivity contribution < 1.29 is 14.3 Å². The summed E-state index contributed by atoms with van der Waals surface area (Å²) in [6, 6.07) is 9.48. The molecule has 1 saturated heterocycles. The van der Waals surface area contributed by atoms with Crippen molar-refractivity contribution in [3.63, 3.8) is 0 Å². The van der Waals surface area contributed by atoms with Crippen molar-refractivity contribution in [2.75, 3.05) is 26.8 Å². The molecule has 0 aromatic heterocycles. The molecular formula is C16H23NO3. The molecule has 20 heavy (non-hydrogen) atoms. The van der Waals surface area contributed by atoms with Gasteiger partial charge in [0.05, 0.1) is 0 Å². The van der Waals surface area contributed by atoms with Crippen LogP contribution in [0.5, 0.6) is 5.75 Å². The molecule has 1 fully saturated rings. The first-order valence-electron chi connectivity index (χ1n) is 7.20. The Kier molecular flexibility index (Phi) is 5.41. The molecule has 2 rings (SSSR count). The number of benzene rings is 1. The number of nitrogens with zero attached hydrogens (tertiary/aromatic N) is 1. The minimum absolute atomic E-state index is 0.0738. The van der Waals surface area contributed by atoms with Crippen LogP contribution < -0.4 is 4.74 Å². The quantitative estimate of drug-likeness (QED) is 0.829. The Morgan fingerprint density at radius 1 is 1.30 bits per heavy atom. The van der Waals surface area contributed by atoms with Crippen LogP contribution in [0.1, 0.15) is 19.8 Å². The lowest BCUT2D eigenvalue weighted by Crippen LogP contribution is -2.45. The van der Waals surface area contributed by atoms with Gasteiger partial charge < -0.3 is 14.4 Å². The van der Waals surface area contributed by atoms with E-state index < -0.39 is 6.10 Å². The van der Waals surface area contributed by atoms with Crippen molar-refractivity contribution in [1.29, 1.82) is 0 Å². The third-order valence-electron chi connectivity index (χ3n) is 3.73. The minimum Gasteiger partial charge on any atom is -0.481 e. The van der Waals surface area contributed by atoms with Crippen LogP contribution in [0.25, 0.3) is 0 Å². The first-order valence-corrected chi connectivity index (χ1v) is 7.20. The van der Waals surface area contributed by atoms with Gasteiger partial charge in [-0.05, 0) is 37.8 Å². The third-order valence-corrected chi connectivity index (χ3v) is 3.73. The number of para-hydroxylation sites is 1. The second-order valence-corrected chi connectivity index (χ2v) is 5.30. The van der Waals surface area contributed by atoms with Gasteiger partial charge in [0, 0.05) is 26.8 Å². The fourth-order valence-electron chi connectivity index (χ4n) is 2.57. The van der Waals surface area contributed by atoms with Gasteiger partial charge in [0.25, 0.3) is 5.91 Å². The maximum atomic E-state index is 12.3. The Bertz CT molecular complexity index is 413. The van der Waals surface area contributed by atoms with Crippen molar-refractivity contribution in [2.45, 2.75) is 25.9 Å². The zero-order valence-corrected chi connectivity index (χ0v) is 12.2. The summed E-state index contributed by atoms with van der Waals surface area (Å²) in [5.41, 5.74) is 0. The molecule has 4 heteroatoms.